The van der Waals surface area contributed by atoms with Gasteiger partial charge in [-0.2, -0.15) is 0 Å². The molecule has 2 aromatic carbocycles. The number of amides is 2. The Labute approximate surface area is 169 Å². The molecule has 0 spiro atoms. The molecule has 1 fully saturated rings. The summed E-state index contributed by atoms with van der Waals surface area (Å²) in [6, 6.07) is 15.7. The number of likely N-dealkylation sites (tertiary alicyclic amines) is 1. The number of carbonyl (C=O) groups excluding carboxylic acids is 2. The summed E-state index contributed by atoms with van der Waals surface area (Å²) in [6.45, 7) is 5.52. The molecule has 5 heteroatoms. The summed E-state index contributed by atoms with van der Waals surface area (Å²) in [7, 11) is 0. The Morgan fingerprint density at radius 1 is 1.03 bits per heavy atom. The van der Waals surface area contributed by atoms with Crippen LogP contribution in [0.3, 0.4) is 0 Å². The molecule has 2 aliphatic rings. The summed E-state index contributed by atoms with van der Waals surface area (Å²) in [6.07, 6.45) is 3.97. The molecule has 0 saturated carbocycles. The molecule has 0 bridgehead atoms. The van der Waals surface area contributed by atoms with Crippen LogP contribution >= 0.6 is 0 Å². The third kappa shape index (κ3) is 2.94. The van der Waals surface area contributed by atoms with E-state index in [2.05, 4.69) is 36.0 Å². The predicted octanol–water partition coefficient (Wildman–Crippen LogP) is 4.00. The number of aromatic nitrogens is 1. The molecule has 3 aromatic rings. The Balaban J connectivity index is 1.24. The lowest BCUT2D eigenvalue weighted by Gasteiger charge is -2.33. The number of carbonyl (C=O) groups is 2. The second kappa shape index (κ2) is 6.92. The average molecular weight is 385 g/mol. The Morgan fingerprint density at radius 3 is 2.48 bits per heavy atom. The van der Waals surface area contributed by atoms with Crippen molar-refractivity contribution < 1.29 is 9.59 Å². The van der Waals surface area contributed by atoms with Crippen LogP contribution < -0.4 is 0 Å². The second-order valence-corrected chi connectivity index (χ2v) is 7.83. The minimum absolute atomic E-state index is 0.00955. The molecule has 1 aromatic heterocycles. The standard InChI is InChI=1S/C24H23N3O2/c1-16-18-6-2-3-8-20(18)24(29)27(16)15-23(28)26-12-10-17(11-13-26)21-14-25-22-9-5-4-7-19(21)22/h2-9,14,17,25H,1,10-13,15H2. The van der Waals surface area contributed by atoms with Crippen LogP contribution in [0.25, 0.3) is 16.6 Å². The van der Waals surface area contributed by atoms with Crippen LogP contribution in [-0.4, -0.2) is 46.2 Å². The molecule has 5 nitrogen and oxygen atoms in total. The van der Waals surface area contributed by atoms with Gasteiger partial charge in [0.25, 0.3) is 5.91 Å². The number of nitrogens with zero attached hydrogens (tertiary/aromatic N) is 2. The highest BCUT2D eigenvalue weighted by atomic mass is 16.2. The maximum absolute atomic E-state index is 12.9. The smallest absolute Gasteiger partial charge is 0.259 e. The molecule has 3 heterocycles. The number of nitrogens with one attached hydrogen (secondary N) is 1. The van der Waals surface area contributed by atoms with Gasteiger partial charge in [-0.15, -0.1) is 0 Å². The zero-order chi connectivity index (χ0) is 20.0. The van der Waals surface area contributed by atoms with E-state index in [0.29, 0.717) is 30.3 Å². The molecule has 29 heavy (non-hydrogen) atoms. The highest BCUT2D eigenvalue weighted by molar-refractivity contribution is 6.10. The predicted molar refractivity (Wildman–Crippen MR) is 113 cm³/mol. The minimum Gasteiger partial charge on any atom is -0.361 e. The zero-order valence-electron chi connectivity index (χ0n) is 16.2. The van der Waals surface area contributed by atoms with Gasteiger partial charge >= 0.3 is 0 Å². The third-order valence-electron chi connectivity index (χ3n) is 6.24. The Bertz CT molecular complexity index is 1090. The molecule has 0 aliphatic carbocycles. The van der Waals surface area contributed by atoms with Crippen molar-refractivity contribution in [1.29, 1.82) is 0 Å². The summed E-state index contributed by atoms with van der Waals surface area (Å²) in [5.41, 5.74) is 4.57. The number of rotatable bonds is 3. The fourth-order valence-electron chi connectivity index (χ4n) is 4.61. The first-order chi connectivity index (χ1) is 14.1. The number of fused-ring (bicyclic) bond motifs is 2. The molecule has 1 N–H and O–H groups in total. The fourth-order valence-corrected chi connectivity index (χ4v) is 4.61. The van der Waals surface area contributed by atoms with Crippen LogP contribution in [0.5, 0.6) is 0 Å². The lowest BCUT2D eigenvalue weighted by atomic mass is 9.89. The summed E-state index contributed by atoms with van der Waals surface area (Å²) < 4.78 is 0. The van der Waals surface area contributed by atoms with Crippen molar-refractivity contribution in [3.05, 3.63) is 78.0 Å². The van der Waals surface area contributed by atoms with E-state index >= 15 is 0 Å². The number of hydrogen-bond donors (Lipinski definition) is 1. The molecule has 2 amide bonds. The number of aromatic amines is 1. The SMILES string of the molecule is C=C1c2ccccc2C(=O)N1CC(=O)N1CCC(c2c[nH]c3ccccc23)CC1. The van der Waals surface area contributed by atoms with E-state index < -0.39 is 0 Å². The van der Waals surface area contributed by atoms with Gasteiger partial charge in [0.05, 0.1) is 0 Å². The Hall–Kier alpha value is -3.34. The first-order valence-corrected chi connectivity index (χ1v) is 10.1. The molecule has 1 saturated heterocycles. The quantitative estimate of drug-likeness (QED) is 0.741. The molecule has 5 rings (SSSR count). The van der Waals surface area contributed by atoms with Crippen molar-refractivity contribution in [3.8, 4) is 0 Å². The van der Waals surface area contributed by atoms with Crippen LogP contribution in [0, 0.1) is 0 Å². The van der Waals surface area contributed by atoms with Crippen molar-refractivity contribution in [2.75, 3.05) is 19.6 Å². The van der Waals surface area contributed by atoms with Gasteiger partial charge in [-0.05, 0) is 36.5 Å². The number of benzene rings is 2. The topological polar surface area (TPSA) is 56.4 Å². The number of H-pyrrole nitrogens is 1. The molecular weight excluding hydrogens is 362 g/mol. The van der Waals surface area contributed by atoms with Gasteiger partial charge in [0.1, 0.15) is 6.54 Å². The molecule has 0 atom stereocenters. The van der Waals surface area contributed by atoms with Gasteiger partial charge in [-0.1, -0.05) is 43.0 Å². The summed E-state index contributed by atoms with van der Waals surface area (Å²) in [4.78, 5) is 32.3. The van der Waals surface area contributed by atoms with Crippen LogP contribution in [0.15, 0.2) is 61.3 Å². The lowest BCUT2D eigenvalue weighted by Crippen LogP contribution is -2.43. The second-order valence-electron chi connectivity index (χ2n) is 7.83. The minimum atomic E-state index is -0.132. The van der Waals surface area contributed by atoms with Gasteiger partial charge < -0.3 is 9.88 Å². The maximum atomic E-state index is 12.9. The van der Waals surface area contributed by atoms with E-state index in [9.17, 15) is 9.59 Å². The zero-order valence-corrected chi connectivity index (χ0v) is 16.2. The first kappa shape index (κ1) is 17.7. The van der Waals surface area contributed by atoms with Crippen molar-refractivity contribution in [1.82, 2.24) is 14.8 Å². The van der Waals surface area contributed by atoms with Crippen LogP contribution in [-0.2, 0) is 4.79 Å². The van der Waals surface area contributed by atoms with E-state index in [1.165, 1.54) is 15.8 Å². The van der Waals surface area contributed by atoms with E-state index in [4.69, 9.17) is 0 Å². The van der Waals surface area contributed by atoms with Gasteiger partial charge in [-0.25, -0.2) is 0 Å². The van der Waals surface area contributed by atoms with Crippen LogP contribution in [0.4, 0.5) is 0 Å². The maximum Gasteiger partial charge on any atom is 0.259 e. The van der Waals surface area contributed by atoms with Gasteiger partial charge in [-0.3, -0.25) is 14.5 Å². The lowest BCUT2D eigenvalue weighted by molar-refractivity contribution is -0.132. The third-order valence-corrected chi connectivity index (χ3v) is 6.24. The first-order valence-electron chi connectivity index (χ1n) is 10.1. The number of hydrogen-bond acceptors (Lipinski definition) is 2. The molecule has 0 unspecified atom stereocenters. The summed E-state index contributed by atoms with van der Waals surface area (Å²) in [5, 5.41) is 1.27. The van der Waals surface area contributed by atoms with Gasteiger partial charge in [0, 0.05) is 47.0 Å². The summed E-state index contributed by atoms with van der Waals surface area (Å²) >= 11 is 0. The fraction of sp³-hybridized carbons (Fsp3) is 0.250. The van der Waals surface area contributed by atoms with Gasteiger partial charge in [0.2, 0.25) is 5.91 Å². The molecule has 0 radical (unpaired) electrons. The van der Waals surface area contributed by atoms with Crippen molar-refractivity contribution in [3.63, 3.8) is 0 Å². The molecular formula is C24H23N3O2. The number of para-hydroxylation sites is 1. The van der Waals surface area contributed by atoms with E-state index in [-0.39, 0.29) is 18.4 Å². The van der Waals surface area contributed by atoms with E-state index in [1.54, 1.807) is 6.07 Å². The molecule has 2 aliphatic heterocycles. The monoisotopic (exact) mass is 385 g/mol. The normalized spacial score (nSPS) is 17.2. The van der Waals surface area contributed by atoms with E-state index in [1.807, 2.05) is 29.2 Å². The summed E-state index contributed by atoms with van der Waals surface area (Å²) in [5.74, 6) is 0.306. The highest BCUT2D eigenvalue weighted by Crippen LogP contribution is 2.34. The molecule has 146 valence electrons. The van der Waals surface area contributed by atoms with Crippen molar-refractivity contribution in [2.24, 2.45) is 0 Å². The largest absolute Gasteiger partial charge is 0.361 e. The highest BCUT2D eigenvalue weighted by Gasteiger charge is 2.34. The van der Waals surface area contributed by atoms with Crippen LogP contribution in [0.1, 0.15) is 40.2 Å². The average Bonchev–Trinajstić information content (AvgIpc) is 3.29. The van der Waals surface area contributed by atoms with Crippen molar-refractivity contribution >= 4 is 28.4 Å². The Morgan fingerprint density at radius 2 is 1.72 bits per heavy atom. The van der Waals surface area contributed by atoms with Gasteiger partial charge in [0.15, 0.2) is 0 Å². The van der Waals surface area contributed by atoms with E-state index in [0.717, 1.165) is 23.9 Å². The van der Waals surface area contributed by atoms with Crippen molar-refractivity contribution in [2.45, 2.75) is 18.8 Å². The van der Waals surface area contributed by atoms with Crippen LogP contribution in [0.2, 0.25) is 0 Å². The number of piperidine rings is 1. The Kier molecular flexibility index (Phi) is 4.23.